The Balaban J connectivity index is 2.00. The summed E-state index contributed by atoms with van der Waals surface area (Å²) in [6.07, 6.45) is 2.90. The second kappa shape index (κ2) is 2.62. The van der Waals surface area contributed by atoms with E-state index in [1.54, 1.807) is 6.20 Å². The topological polar surface area (TPSA) is 50.9 Å². The predicted molar refractivity (Wildman–Crippen MR) is 54.5 cm³/mol. The Labute approximate surface area is 78.4 Å². The number of hydrogen-bond donors (Lipinski definition) is 2. The largest absolute Gasteiger partial charge is 0.397 e. The molecule has 1 aromatic rings. The van der Waals surface area contributed by atoms with Crippen LogP contribution in [0.5, 0.6) is 0 Å². The molecule has 1 unspecified atom stereocenters. The number of hydrogen-bond acceptors (Lipinski definition) is 3. The van der Waals surface area contributed by atoms with E-state index in [9.17, 15) is 0 Å². The van der Waals surface area contributed by atoms with E-state index >= 15 is 0 Å². The molecule has 2 rings (SSSR count). The zero-order chi connectivity index (χ0) is 9.47. The number of anilines is 2. The zero-order valence-corrected chi connectivity index (χ0v) is 8.04. The molecule has 1 saturated carbocycles. The summed E-state index contributed by atoms with van der Waals surface area (Å²) in [6.45, 7) is 4.50. The number of nitrogens with zero attached hydrogens (tertiary/aromatic N) is 1. The van der Waals surface area contributed by atoms with Crippen molar-refractivity contribution in [1.82, 2.24) is 4.98 Å². The number of pyridine rings is 1. The van der Waals surface area contributed by atoms with Crippen LogP contribution in [0.25, 0.3) is 0 Å². The van der Waals surface area contributed by atoms with Gasteiger partial charge in [-0.3, -0.25) is 0 Å². The van der Waals surface area contributed by atoms with E-state index in [2.05, 4.69) is 24.1 Å². The maximum absolute atomic E-state index is 5.54. The highest BCUT2D eigenvalue weighted by Gasteiger charge is 2.45. The van der Waals surface area contributed by atoms with E-state index in [1.807, 2.05) is 12.1 Å². The van der Waals surface area contributed by atoms with Gasteiger partial charge in [-0.2, -0.15) is 0 Å². The van der Waals surface area contributed by atoms with Gasteiger partial charge in [0.2, 0.25) is 0 Å². The molecule has 0 aliphatic heterocycles. The Hall–Kier alpha value is -1.25. The van der Waals surface area contributed by atoms with Gasteiger partial charge in [-0.05, 0) is 24.0 Å². The molecule has 1 aromatic heterocycles. The van der Waals surface area contributed by atoms with Crippen molar-refractivity contribution < 1.29 is 0 Å². The predicted octanol–water partition coefficient (Wildman–Crippen LogP) is 1.87. The molecule has 1 fully saturated rings. The van der Waals surface area contributed by atoms with Gasteiger partial charge in [0.15, 0.2) is 0 Å². The Morgan fingerprint density at radius 2 is 2.23 bits per heavy atom. The number of rotatable bonds is 2. The Bertz CT molecular complexity index is 302. The van der Waals surface area contributed by atoms with Crippen LogP contribution < -0.4 is 11.1 Å². The third-order valence-corrected chi connectivity index (χ3v) is 2.62. The molecule has 0 bridgehead atoms. The highest BCUT2D eigenvalue weighted by atomic mass is 15.1. The van der Waals surface area contributed by atoms with E-state index in [-0.39, 0.29) is 0 Å². The van der Waals surface area contributed by atoms with Crippen molar-refractivity contribution >= 4 is 11.5 Å². The van der Waals surface area contributed by atoms with E-state index in [4.69, 9.17) is 5.73 Å². The summed E-state index contributed by atoms with van der Waals surface area (Å²) < 4.78 is 0. The van der Waals surface area contributed by atoms with Crippen LogP contribution >= 0.6 is 0 Å². The lowest BCUT2D eigenvalue weighted by Crippen LogP contribution is -2.09. The van der Waals surface area contributed by atoms with Gasteiger partial charge in [-0.15, -0.1) is 0 Å². The minimum absolute atomic E-state index is 0.434. The van der Waals surface area contributed by atoms with Gasteiger partial charge in [0, 0.05) is 6.04 Å². The molecule has 1 aliphatic rings. The van der Waals surface area contributed by atoms with Gasteiger partial charge >= 0.3 is 0 Å². The summed E-state index contributed by atoms with van der Waals surface area (Å²) in [5.74, 6) is 0.921. The monoisotopic (exact) mass is 177 g/mol. The Kier molecular flexibility index (Phi) is 1.68. The average molecular weight is 177 g/mol. The average Bonchev–Trinajstić information content (AvgIpc) is 2.64. The van der Waals surface area contributed by atoms with Crippen molar-refractivity contribution in [2.75, 3.05) is 11.1 Å². The normalized spacial score (nSPS) is 24.0. The quantitative estimate of drug-likeness (QED) is 0.725. The van der Waals surface area contributed by atoms with Gasteiger partial charge in [-0.1, -0.05) is 13.8 Å². The fourth-order valence-corrected chi connectivity index (χ4v) is 1.38. The number of nitrogens with one attached hydrogen (secondary N) is 1. The minimum atomic E-state index is 0.434. The molecule has 0 saturated heterocycles. The second-order valence-electron chi connectivity index (χ2n) is 4.37. The van der Waals surface area contributed by atoms with Crippen LogP contribution in [-0.4, -0.2) is 11.0 Å². The summed E-state index contributed by atoms with van der Waals surface area (Å²) >= 11 is 0. The molecule has 3 N–H and O–H groups in total. The summed E-state index contributed by atoms with van der Waals surface area (Å²) in [5, 5.41) is 3.37. The van der Waals surface area contributed by atoms with E-state index in [0.717, 1.165) is 5.82 Å². The SMILES string of the molecule is CC1(C)CC1Nc1ccc(N)cn1. The molecule has 1 atom stereocenters. The van der Waals surface area contributed by atoms with Crippen LogP contribution in [0.1, 0.15) is 20.3 Å². The van der Waals surface area contributed by atoms with Gasteiger partial charge in [-0.25, -0.2) is 4.98 Å². The molecule has 1 heterocycles. The Morgan fingerprint density at radius 3 is 2.69 bits per heavy atom. The van der Waals surface area contributed by atoms with Crippen LogP contribution in [0, 0.1) is 5.41 Å². The second-order valence-corrected chi connectivity index (χ2v) is 4.37. The smallest absolute Gasteiger partial charge is 0.126 e. The zero-order valence-electron chi connectivity index (χ0n) is 8.04. The first-order valence-corrected chi connectivity index (χ1v) is 4.56. The van der Waals surface area contributed by atoms with Crippen LogP contribution in [0.3, 0.4) is 0 Å². The molecule has 3 heteroatoms. The molecule has 1 aliphatic carbocycles. The van der Waals surface area contributed by atoms with Crippen molar-refractivity contribution in [2.45, 2.75) is 26.3 Å². The summed E-state index contributed by atoms with van der Waals surface area (Å²) in [5.41, 5.74) is 6.68. The van der Waals surface area contributed by atoms with Gasteiger partial charge in [0.1, 0.15) is 5.82 Å². The molecular weight excluding hydrogens is 162 g/mol. The molecule has 3 nitrogen and oxygen atoms in total. The van der Waals surface area contributed by atoms with Gasteiger partial charge in [0.25, 0.3) is 0 Å². The highest BCUT2D eigenvalue weighted by Crippen LogP contribution is 2.46. The third kappa shape index (κ3) is 1.74. The maximum Gasteiger partial charge on any atom is 0.126 e. The molecule has 0 aromatic carbocycles. The van der Waals surface area contributed by atoms with Crippen molar-refractivity contribution in [2.24, 2.45) is 5.41 Å². The lowest BCUT2D eigenvalue weighted by molar-refractivity contribution is 0.630. The van der Waals surface area contributed by atoms with E-state index in [0.29, 0.717) is 17.1 Å². The van der Waals surface area contributed by atoms with Crippen LogP contribution in [0.15, 0.2) is 18.3 Å². The fraction of sp³-hybridized carbons (Fsp3) is 0.500. The summed E-state index contributed by atoms with van der Waals surface area (Å²) in [4.78, 5) is 4.19. The molecule has 0 spiro atoms. The molecular formula is C10H15N3. The van der Waals surface area contributed by atoms with E-state index < -0.39 is 0 Å². The van der Waals surface area contributed by atoms with Gasteiger partial charge < -0.3 is 11.1 Å². The number of aromatic nitrogens is 1. The third-order valence-electron chi connectivity index (χ3n) is 2.62. The van der Waals surface area contributed by atoms with Crippen molar-refractivity contribution in [3.05, 3.63) is 18.3 Å². The first kappa shape index (κ1) is 8.35. The van der Waals surface area contributed by atoms with Crippen LogP contribution in [0.2, 0.25) is 0 Å². The van der Waals surface area contributed by atoms with E-state index in [1.165, 1.54) is 6.42 Å². The standard InChI is InChI=1S/C10H15N3/c1-10(2)5-8(10)13-9-4-3-7(11)6-12-9/h3-4,6,8H,5,11H2,1-2H3,(H,12,13). The Morgan fingerprint density at radius 1 is 1.54 bits per heavy atom. The van der Waals surface area contributed by atoms with Crippen molar-refractivity contribution in [3.63, 3.8) is 0 Å². The minimum Gasteiger partial charge on any atom is -0.397 e. The van der Waals surface area contributed by atoms with Crippen LogP contribution in [-0.2, 0) is 0 Å². The van der Waals surface area contributed by atoms with Gasteiger partial charge in [0.05, 0.1) is 11.9 Å². The molecule has 0 radical (unpaired) electrons. The molecule has 13 heavy (non-hydrogen) atoms. The lowest BCUT2D eigenvalue weighted by Gasteiger charge is -2.06. The summed E-state index contributed by atoms with van der Waals surface area (Å²) in [6, 6.07) is 4.36. The van der Waals surface area contributed by atoms with Crippen molar-refractivity contribution in [1.29, 1.82) is 0 Å². The fourth-order valence-electron chi connectivity index (χ4n) is 1.38. The highest BCUT2D eigenvalue weighted by molar-refractivity contribution is 5.45. The van der Waals surface area contributed by atoms with Crippen LogP contribution in [0.4, 0.5) is 11.5 Å². The number of nitrogens with two attached hydrogens (primary N) is 1. The molecule has 70 valence electrons. The van der Waals surface area contributed by atoms with Crippen molar-refractivity contribution in [3.8, 4) is 0 Å². The molecule has 0 amide bonds. The lowest BCUT2D eigenvalue weighted by atomic mass is 10.2. The maximum atomic E-state index is 5.54. The first-order valence-electron chi connectivity index (χ1n) is 4.56. The summed E-state index contributed by atoms with van der Waals surface area (Å²) in [7, 11) is 0. The number of nitrogen functional groups attached to an aromatic ring is 1. The first-order chi connectivity index (χ1) is 6.08.